The van der Waals surface area contributed by atoms with E-state index in [4.69, 9.17) is 9.47 Å². The zero-order valence-corrected chi connectivity index (χ0v) is 19.2. The lowest BCUT2D eigenvalue weighted by atomic mass is 10.2. The third kappa shape index (κ3) is 6.42. The van der Waals surface area contributed by atoms with E-state index in [9.17, 15) is 9.59 Å². The summed E-state index contributed by atoms with van der Waals surface area (Å²) < 4.78 is 11.4. The number of amides is 1. The minimum Gasteiger partial charge on any atom is -0.493 e. The highest BCUT2D eigenvalue weighted by Crippen LogP contribution is 2.29. The normalized spacial score (nSPS) is 10.6. The van der Waals surface area contributed by atoms with Crippen LogP contribution < -0.4 is 20.2 Å². The smallest absolute Gasteiger partial charge is 0.344 e. The standard InChI is InChI=1S/C24H22BrN3O4/c1-16-7-10-18(11-8-16)26-15-23(29)28-27-14-17-9-12-21(22(13-17)31-2)32-24(30)19-5-3-4-6-20(19)25/h3-14,26H,15H2,1-2H3,(H,28,29)/b27-14-. The Labute approximate surface area is 194 Å². The number of aryl methyl sites for hydroxylation is 1. The van der Waals surface area contributed by atoms with Gasteiger partial charge in [-0.15, -0.1) is 0 Å². The van der Waals surface area contributed by atoms with E-state index in [2.05, 4.69) is 31.8 Å². The van der Waals surface area contributed by atoms with E-state index in [0.717, 1.165) is 11.3 Å². The van der Waals surface area contributed by atoms with E-state index in [1.807, 2.05) is 37.3 Å². The summed E-state index contributed by atoms with van der Waals surface area (Å²) in [7, 11) is 1.48. The molecular weight excluding hydrogens is 474 g/mol. The molecular formula is C24H22BrN3O4. The molecule has 0 aliphatic heterocycles. The van der Waals surface area contributed by atoms with Crippen LogP contribution in [0.25, 0.3) is 0 Å². The fourth-order valence-electron chi connectivity index (χ4n) is 2.70. The van der Waals surface area contributed by atoms with E-state index in [1.165, 1.54) is 13.3 Å². The summed E-state index contributed by atoms with van der Waals surface area (Å²) in [6.07, 6.45) is 1.48. The van der Waals surface area contributed by atoms with Crippen LogP contribution in [0.2, 0.25) is 0 Å². The van der Waals surface area contributed by atoms with Crippen molar-refractivity contribution in [3.63, 3.8) is 0 Å². The molecule has 164 valence electrons. The predicted molar refractivity (Wildman–Crippen MR) is 127 cm³/mol. The van der Waals surface area contributed by atoms with Crippen LogP contribution in [-0.2, 0) is 4.79 Å². The first kappa shape index (κ1) is 23.0. The lowest BCUT2D eigenvalue weighted by Crippen LogP contribution is -2.25. The number of methoxy groups -OCH3 is 1. The van der Waals surface area contributed by atoms with Crippen LogP contribution in [0, 0.1) is 6.92 Å². The van der Waals surface area contributed by atoms with Crippen molar-refractivity contribution in [2.24, 2.45) is 5.10 Å². The van der Waals surface area contributed by atoms with Gasteiger partial charge in [0, 0.05) is 10.2 Å². The first-order valence-electron chi connectivity index (χ1n) is 9.73. The quantitative estimate of drug-likeness (QED) is 0.207. The van der Waals surface area contributed by atoms with Crippen molar-refractivity contribution in [2.75, 3.05) is 19.0 Å². The van der Waals surface area contributed by atoms with E-state index >= 15 is 0 Å². The molecule has 3 aromatic rings. The van der Waals surface area contributed by atoms with Crippen LogP contribution in [0.1, 0.15) is 21.5 Å². The van der Waals surface area contributed by atoms with Crippen molar-refractivity contribution in [3.05, 3.63) is 87.9 Å². The van der Waals surface area contributed by atoms with Crippen molar-refractivity contribution in [2.45, 2.75) is 6.92 Å². The average Bonchev–Trinajstić information content (AvgIpc) is 2.79. The number of halogens is 1. The van der Waals surface area contributed by atoms with Crippen molar-refractivity contribution in [1.29, 1.82) is 0 Å². The molecule has 0 saturated carbocycles. The number of carbonyl (C=O) groups is 2. The van der Waals surface area contributed by atoms with Crippen LogP contribution >= 0.6 is 15.9 Å². The summed E-state index contributed by atoms with van der Waals surface area (Å²) in [5.41, 5.74) is 5.53. The molecule has 0 bridgehead atoms. The molecule has 3 rings (SSSR count). The molecule has 0 unspecified atom stereocenters. The molecule has 0 spiro atoms. The third-order valence-corrected chi connectivity index (χ3v) is 5.08. The lowest BCUT2D eigenvalue weighted by molar-refractivity contribution is -0.119. The highest BCUT2D eigenvalue weighted by Gasteiger charge is 2.15. The van der Waals surface area contributed by atoms with Crippen molar-refractivity contribution >= 4 is 39.7 Å². The van der Waals surface area contributed by atoms with Crippen LogP contribution in [-0.4, -0.2) is 31.7 Å². The molecule has 0 aliphatic carbocycles. The highest BCUT2D eigenvalue weighted by atomic mass is 79.9. The number of benzene rings is 3. The van der Waals surface area contributed by atoms with Gasteiger partial charge in [0.25, 0.3) is 5.91 Å². The van der Waals surface area contributed by atoms with Gasteiger partial charge in [-0.2, -0.15) is 5.10 Å². The van der Waals surface area contributed by atoms with Crippen LogP contribution in [0.3, 0.4) is 0 Å². The number of nitrogens with one attached hydrogen (secondary N) is 2. The number of ether oxygens (including phenoxy) is 2. The zero-order chi connectivity index (χ0) is 22.9. The van der Waals surface area contributed by atoms with Gasteiger partial charge < -0.3 is 14.8 Å². The zero-order valence-electron chi connectivity index (χ0n) is 17.6. The Balaban J connectivity index is 1.57. The number of rotatable bonds is 8. The minimum absolute atomic E-state index is 0.0909. The molecule has 0 atom stereocenters. The van der Waals surface area contributed by atoms with Gasteiger partial charge in [0.2, 0.25) is 0 Å². The molecule has 0 aliphatic rings. The van der Waals surface area contributed by atoms with Crippen molar-refractivity contribution < 1.29 is 19.1 Å². The molecule has 32 heavy (non-hydrogen) atoms. The molecule has 0 fully saturated rings. The van der Waals surface area contributed by atoms with Crippen molar-refractivity contribution in [1.82, 2.24) is 5.43 Å². The molecule has 0 aromatic heterocycles. The second kappa shape index (κ2) is 11.1. The monoisotopic (exact) mass is 495 g/mol. The second-order valence-corrected chi connectivity index (χ2v) is 7.65. The summed E-state index contributed by atoms with van der Waals surface area (Å²) >= 11 is 3.34. The van der Waals surface area contributed by atoms with Crippen LogP contribution in [0.15, 0.2) is 76.3 Å². The van der Waals surface area contributed by atoms with Crippen LogP contribution in [0.5, 0.6) is 11.5 Å². The maximum atomic E-state index is 12.4. The molecule has 1 amide bonds. The molecule has 0 radical (unpaired) electrons. The molecule has 3 aromatic carbocycles. The Hall–Kier alpha value is -3.65. The Morgan fingerprint density at radius 2 is 1.78 bits per heavy atom. The third-order valence-electron chi connectivity index (χ3n) is 4.39. The fraction of sp³-hybridized carbons (Fsp3) is 0.125. The maximum absolute atomic E-state index is 12.4. The van der Waals surface area contributed by atoms with E-state index < -0.39 is 5.97 Å². The van der Waals surface area contributed by atoms with Crippen LogP contribution in [0.4, 0.5) is 5.69 Å². The molecule has 7 nitrogen and oxygen atoms in total. The predicted octanol–water partition coefficient (Wildman–Crippen LogP) is 4.55. The molecule has 0 saturated heterocycles. The van der Waals surface area contributed by atoms with Gasteiger partial charge in [0.1, 0.15) is 0 Å². The summed E-state index contributed by atoms with van der Waals surface area (Å²) in [6, 6.07) is 19.7. The van der Waals surface area contributed by atoms with Gasteiger partial charge >= 0.3 is 5.97 Å². The van der Waals surface area contributed by atoms with Gasteiger partial charge in [-0.05, 0) is 70.9 Å². The van der Waals surface area contributed by atoms with E-state index in [-0.39, 0.29) is 18.2 Å². The number of carbonyl (C=O) groups excluding carboxylic acids is 2. The van der Waals surface area contributed by atoms with Gasteiger partial charge in [-0.25, -0.2) is 10.2 Å². The Morgan fingerprint density at radius 3 is 2.50 bits per heavy atom. The van der Waals surface area contributed by atoms with Gasteiger partial charge in [0.05, 0.1) is 25.4 Å². The summed E-state index contributed by atoms with van der Waals surface area (Å²) in [4.78, 5) is 24.4. The Bertz CT molecular complexity index is 1130. The van der Waals surface area contributed by atoms with E-state index in [1.54, 1.807) is 36.4 Å². The van der Waals surface area contributed by atoms with Gasteiger partial charge in [-0.3, -0.25) is 4.79 Å². The molecule has 0 heterocycles. The average molecular weight is 496 g/mol. The molecule has 2 N–H and O–H groups in total. The highest BCUT2D eigenvalue weighted by molar-refractivity contribution is 9.10. The lowest BCUT2D eigenvalue weighted by Gasteiger charge is -2.10. The summed E-state index contributed by atoms with van der Waals surface area (Å²) in [5, 5.41) is 6.98. The number of anilines is 1. The van der Waals surface area contributed by atoms with E-state index in [0.29, 0.717) is 21.3 Å². The van der Waals surface area contributed by atoms with Crippen molar-refractivity contribution in [3.8, 4) is 11.5 Å². The minimum atomic E-state index is -0.509. The largest absolute Gasteiger partial charge is 0.493 e. The number of nitrogens with zero attached hydrogens (tertiary/aromatic N) is 1. The molecule has 8 heteroatoms. The first-order valence-corrected chi connectivity index (χ1v) is 10.5. The maximum Gasteiger partial charge on any atom is 0.344 e. The number of hydrogen-bond donors (Lipinski definition) is 2. The topological polar surface area (TPSA) is 89.0 Å². The van der Waals surface area contributed by atoms with Gasteiger partial charge in [-0.1, -0.05) is 29.8 Å². The second-order valence-electron chi connectivity index (χ2n) is 6.79. The number of hydrogen-bond acceptors (Lipinski definition) is 6. The first-order chi connectivity index (χ1) is 15.5. The summed E-state index contributed by atoms with van der Waals surface area (Å²) in [5.74, 6) is -0.156. The Morgan fingerprint density at radius 1 is 1.03 bits per heavy atom. The number of hydrazone groups is 1. The SMILES string of the molecule is COc1cc(/C=N\NC(=O)CNc2ccc(C)cc2)ccc1OC(=O)c1ccccc1Br. The summed E-state index contributed by atoms with van der Waals surface area (Å²) in [6.45, 7) is 2.09. The van der Waals surface area contributed by atoms with Gasteiger partial charge in [0.15, 0.2) is 11.5 Å². The fourth-order valence-corrected chi connectivity index (χ4v) is 3.15. The Kier molecular flexibility index (Phi) is 7.99. The number of esters is 1.